The summed E-state index contributed by atoms with van der Waals surface area (Å²) in [5, 5.41) is 13.0. The zero-order chi connectivity index (χ0) is 21.1. The Morgan fingerprint density at radius 1 is 1.20 bits per heavy atom. The maximum Gasteiger partial charge on any atom is 0.295 e. The molecule has 30 heavy (non-hydrogen) atoms. The number of carbonyl (C=O) groups excluding carboxylic acids is 2. The molecule has 3 heterocycles. The summed E-state index contributed by atoms with van der Waals surface area (Å²) in [7, 11) is 0. The van der Waals surface area contributed by atoms with Crippen LogP contribution in [0.15, 0.2) is 71.9 Å². The molecule has 0 bridgehead atoms. The van der Waals surface area contributed by atoms with Gasteiger partial charge in [-0.25, -0.2) is 0 Å². The third-order valence-corrected chi connectivity index (χ3v) is 5.77. The number of thiophene rings is 1. The van der Waals surface area contributed by atoms with E-state index in [1.54, 1.807) is 42.7 Å². The highest BCUT2D eigenvalue weighted by Crippen LogP contribution is 2.42. The number of benzene rings is 1. The fourth-order valence-corrected chi connectivity index (χ4v) is 4.37. The summed E-state index contributed by atoms with van der Waals surface area (Å²) < 4.78 is 5.51. The number of amides is 1. The molecule has 0 radical (unpaired) electrons. The number of Topliss-reactive ketones (excluding diaryl/α,β-unsaturated/α-hetero) is 1. The van der Waals surface area contributed by atoms with Gasteiger partial charge in [0.1, 0.15) is 11.5 Å². The second kappa shape index (κ2) is 8.51. The average Bonchev–Trinajstić information content (AvgIpc) is 3.37. The maximum absolute atomic E-state index is 13.0. The Kier molecular flexibility index (Phi) is 5.63. The van der Waals surface area contributed by atoms with Gasteiger partial charge in [-0.05, 0) is 42.1 Å². The van der Waals surface area contributed by atoms with Crippen LogP contribution in [0.2, 0.25) is 0 Å². The number of ether oxygens (including phenoxy) is 1. The number of ketones is 1. The van der Waals surface area contributed by atoms with Crippen molar-refractivity contribution in [2.75, 3.05) is 6.61 Å². The van der Waals surface area contributed by atoms with Gasteiger partial charge in [0.05, 0.1) is 18.2 Å². The minimum atomic E-state index is -0.698. The van der Waals surface area contributed by atoms with E-state index in [0.29, 0.717) is 17.9 Å². The second-order valence-corrected chi connectivity index (χ2v) is 7.74. The summed E-state index contributed by atoms with van der Waals surface area (Å²) in [6.45, 7) is 2.57. The molecule has 0 spiro atoms. The van der Waals surface area contributed by atoms with E-state index in [9.17, 15) is 14.7 Å². The largest absolute Gasteiger partial charge is 0.507 e. The first-order chi connectivity index (χ1) is 14.6. The minimum absolute atomic E-state index is 0.0833. The van der Waals surface area contributed by atoms with Crippen LogP contribution in [0.25, 0.3) is 5.76 Å². The Labute approximate surface area is 178 Å². The summed E-state index contributed by atoms with van der Waals surface area (Å²) in [5.41, 5.74) is 1.32. The van der Waals surface area contributed by atoms with Gasteiger partial charge in [0.25, 0.3) is 11.7 Å². The lowest BCUT2D eigenvalue weighted by atomic mass is 9.99. The molecule has 1 saturated heterocycles. The molecule has 2 aromatic heterocycles. The molecule has 1 aliphatic heterocycles. The Bertz CT molecular complexity index is 1090. The number of aliphatic hydroxyl groups is 1. The maximum atomic E-state index is 13.0. The van der Waals surface area contributed by atoms with Gasteiger partial charge in [-0.1, -0.05) is 24.3 Å². The molecule has 6 nitrogen and oxygen atoms in total. The summed E-state index contributed by atoms with van der Waals surface area (Å²) in [6, 6.07) is 13.6. The van der Waals surface area contributed by atoms with Crippen molar-refractivity contribution in [2.45, 2.75) is 19.5 Å². The smallest absolute Gasteiger partial charge is 0.295 e. The molecular formula is C23H20N2O4S. The third-order valence-electron chi connectivity index (χ3n) is 4.85. The minimum Gasteiger partial charge on any atom is -0.507 e. The summed E-state index contributed by atoms with van der Waals surface area (Å²) >= 11 is 1.43. The van der Waals surface area contributed by atoms with Crippen molar-refractivity contribution in [3.8, 4) is 5.75 Å². The van der Waals surface area contributed by atoms with Gasteiger partial charge in [0.15, 0.2) is 0 Å². The van der Waals surface area contributed by atoms with Gasteiger partial charge in [-0.2, -0.15) is 0 Å². The predicted molar refractivity (Wildman–Crippen MR) is 114 cm³/mol. The summed E-state index contributed by atoms with van der Waals surface area (Å²) in [6.07, 6.45) is 3.32. The summed E-state index contributed by atoms with van der Waals surface area (Å²) in [4.78, 5) is 32.3. The number of aliphatic hydroxyl groups excluding tert-OH is 1. The van der Waals surface area contributed by atoms with Crippen LogP contribution in [-0.2, 0) is 16.1 Å². The van der Waals surface area contributed by atoms with Crippen LogP contribution in [0.1, 0.15) is 29.0 Å². The Morgan fingerprint density at radius 3 is 2.77 bits per heavy atom. The molecule has 152 valence electrons. The molecule has 0 saturated carbocycles. The Balaban J connectivity index is 1.81. The first kappa shape index (κ1) is 19.8. The van der Waals surface area contributed by atoms with Crippen LogP contribution >= 0.6 is 11.3 Å². The van der Waals surface area contributed by atoms with E-state index < -0.39 is 17.7 Å². The van der Waals surface area contributed by atoms with E-state index in [2.05, 4.69) is 4.98 Å². The fraction of sp³-hybridized carbons (Fsp3) is 0.174. The van der Waals surface area contributed by atoms with Gasteiger partial charge < -0.3 is 14.7 Å². The van der Waals surface area contributed by atoms with Gasteiger partial charge in [-0.15, -0.1) is 11.3 Å². The number of hydrogen-bond donors (Lipinski definition) is 1. The van der Waals surface area contributed by atoms with Crippen molar-refractivity contribution < 1.29 is 19.4 Å². The van der Waals surface area contributed by atoms with Crippen molar-refractivity contribution in [3.63, 3.8) is 0 Å². The second-order valence-electron chi connectivity index (χ2n) is 6.76. The highest BCUT2D eigenvalue weighted by molar-refractivity contribution is 7.10. The topological polar surface area (TPSA) is 79.7 Å². The van der Waals surface area contributed by atoms with Crippen LogP contribution in [0.4, 0.5) is 0 Å². The normalized spacial score (nSPS) is 18.0. The third kappa shape index (κ3) is 3.71. The number of pyridine rings is 1. The van der Waals surface area contributed by atoms with Crippen molar-refractivity contribution in [2.24, 2.45) is 0 Å². The van der Waals surface area contributed by atoms with E-state index in [-0.39, 0.29) is 17.9 Å². The molecule has 3 aromatic rings. The van der Waals surface area contributed by atoms with Gasteiger partial charge in [-0.3, -0.25) is 14.6 Å². The molecule has 4 rings (SSSR count). The number of carbonyl (C=O) groups is 2. The number of aromatic nitrogens is 1. The number of likely N-dealkylation sites (tertiary alicyclic amines) is 1. The molecule has 1 N–H and O–H groups in total. The van der Waals surface area contributed by atoms with E-state index in [4.69, 9.17) is 4.74 Å². The Hall–Kier alpha value is -3.45. The standard InChI is InChI=1S/C23H20N2O4S/c1-2-29-17-8-3-7-16(12-17)21(26)19-20(18-9-5-11-30-18)25(23(28)22(19)27)14-15-6-4-10-24-13-15/h3-13,20,26H,2,14H2,1H3/t20-/m1/s1. The van der Waals surface area contributed by atoms with Crippen molar-refractivity contribution >= 4 is 28.8 Å². The highest BCUT2D eigenvalue weighted by atomic mass is 32.1. The predicted octanol–water partition coefficient (Wildman–Crippen LogP) is 4.16. The monoisotopic (exact) mass is 420 g/mol. The quantitative estimate of drug-likeness (QED) is 0.368. The van der Waals surface area contributed by atoms with Crippen LogP contribution in [-0.4, -0.2) is 33.3 Å². The fourth-order valence-electron chi connectivity index (χ4n) is 3.53. The zero-order valence-corrected chi connectivity index (χ0v) is 17.1. The van der Waals surface area contributed by atoms with Crippen molar-refractivity contribution in [1.82, 2.24) is 9.88 Å². The van der Waals surface area contributed by atoms with Crippen molar-refractivity contribution in [3.05, 3.63) is 87.9 Å². The molecule has 1 atom stereocenters. The van der Waals surface area contributed by atoms with Crippen LogP contribution in [0.3, 0.4) is 0 Å². The van der Waals surface area contributed by atoms with Gasteiger partial charge in [0.2, 0.25) is 0 Å². The lowest BCUT2D eigenvalue weighted by molar-refractivity contribution is -0.140. The lowest BCUT2D eigenvalue weighted by Crippen LogP contribution is -2.28. The van der Waals surface area contributed by atoms with E-state index in [1.165, 1.54) is 16.2 Å². The first-order valence-electron chi connectivity index (χ1n) is 9.54. The SMILES string of the molecule is CCOc1cccc(C(O)=C2C(=O)C(=O)N(Cc3cccnc3)[C@@H]2c2cccs2)c1. The van der Waals surface area contributed by atoms with Gasteiger partial charge in [0, 0.05) is 29.4 Å². The number of nitrogens with zero attached hydrogens (tertiary/aromatic N) is 2. The van der Waals surface area contributed by atoms with E-state index in [1.807, 2.05) is 30.5 Å². The summed E-state index contributed by atoms with van der Waals surface area (Å²) in [5.74, 6) is -0.961. The zero-order valence-electron chi connectivity index (χ0n) is 16.3. The van der Waals surface area contributed by atoms with E-state index in [0.717, 1.165) is 10.4 Å². The molecule has 1 fully saturated rings. The molecule has 0 aliphatic carbocycles. The number of rotatable bonds is 6. The molecule has 1 aromatic carbocycles. The molecule has 0 unspecified atom stereocenters. The lowest BCUT2D eigenvalue weighted by Gasteiger charge is -2.24. The average molecular weight is 420 g/mol. The Morgan fingerprint density at radius 2 is 2.07 bits per heavy atom. The number of hydrogen-bond acceptors (Lipinski definition) is 6. The molecule has 1 aliphatic rings. The first-order valence-corrected chi connectivity index (χ1v) is 10.4. The van der Waals surface area contributed by atoms with Crippen LogP contribution in [0.5, 0.6) is 5.75 Å². The van der Waals surface area contributed by atoms with E-state index >= 15 is 0 Å². The van der Waals surface area contributed by atoms with Gasteiger partial charge >= 0.3 is 0 Å². The van der Waals surface area contributed by atoms with Crippen LogP contribution in [0, 0.1) is 0 Å². The molecule has 7 heteroatoms. The van der Waals surface area contributed by atoms with Crippen LogP contribution < -0.4 is 4.74 Å². The highest BCUT2D eigenvalue weighted by Gasteiger charge is 2.46. The molecular weight excluding hydrogens is 400 g/mol. The molecule has 1 amide bonds. The van der Waals surface area contributed by atoms with Crippen molar-refractivity contribution in [1.29, 1.82) is 0 Å².